The second-order valence-corrected chi connectivity index (χ2v) is 7.67. The highest BCUT2D eigenvalue weighted by atomic mass is 16.5. The maximum Gasteiger partial charge on any atom is 0.222 e. The van der Waals surface area contributed by atoms with Crippen molar-refractivity contribution in [1.29, 1.82) is 0 Å². The fourth-order valence-corrected chi connectivity index (χ4v) is 4.28. The first-order valence-electron chi connectivity index (χ1n) is 10.2. The maximum atomic E-state index is 12.8. The van der Waals surface area contributed by atoms with Gasteiger partial charge in [-0.1, -0.05) is 30.3 Å². The van der Waals surface area contributed by atoms with Crippen LogP contribution in [0, 0.1) is 0 Å². The lowest BCUT2D eigenvalue weighted by molar-refractivity contribution is -0.132. The van der Waals surface area contributed by atoms with Crippen LogP contribution < -0.4 is 4.74 Å². The Kier molecular flexibility index (Phi) is 5.65. The third kappa shape index (κ3) is 4.06. The molecule has 0 radical (unpaired) electrons. The first-order chi connectivity index (χ1) is 13.7. The Bertz CT molecular complexity index is 929. The van der Waals surface area contributed by atoms with Crippen LogP contribution in [0.15, 0.2) is 54.7 Å². The van der Waals surface area contributed by atoms with E-state index in [1.165, 1.54) is 22.0 Å². The number of nitrogens with zero attached hydrogens (tertiary/aromatic N) is 1. The smallest absolute Gasteiger partial charge is 0.222 e. The Morgan fingerprint density at radius 2 is 2.00 bits per heavy atom. The zero-order valence-electron chi connectivity index (χ0n) is 16.5. The number of ether oxygens (including phenoxy) is 1. The number of likely N-dealkylation sites (tertiary alicyclic amines) is 1. The standard InChI is InChI=1S/C24H28N2O2/c1-28-21-13-11-18(12-14-21)20-7-5-15-26(17-20)24(27)10-4-6-19-16-25-23-9-3-2-8-22(19)23/h2-3,8-9,11-14,16,20,25H,4-7,10,15,17H2,1H3. The number of aromatic nitrogens is 1. The highest BCUT2D eigenvalue weighted by Gasteiger charge is 2.24. The molecule has 1 N–H and O–H groups in total. The van der Waals surface area contributed by atoms with Crippen molar-refractivity contribution in [1.82, 2.24) is 9.88 Å². The van der Waals surface area contributed by atoms with Crippen LogP contribution >= 0.6 is 0 Å². The second kappa shape index (κ2) is 8.51. The highest BCUT2D eigenvalue weighted by molar-refractivity contribution is 5.83. The minimum Gasteiger partial charge on any atom is -0.497 e. The molecule has 4 nitrogen and oxygen atoms in total. The molecule has 3 aromatic rings. The number of fused-ring (bicyclic) bond motifs is 1. The van der Waals surface area contributed by atoms with Crippen molar-refractivity contribution in [2.75, 3.05) is 20.2 Å². The molecule has 1 unspecified atom stereocenters. The number of amides is 1. The van der Waals surface area contributed by atoms with Crippen LogP contribution in [0.2, 0.25) is 0 Å². The minimum atomic E-state index is 0.290. The molecule has 2 aromatic carbocycles. The molecule has 28 heavy (non-hydrogen) atoms. The van der Waals surface area contributed by atoms with Crippen molar-refractivity contribution in [3.63, 3.8) is 0 Å². The van der Waals surface area contributed by atoms with E-state index in [2.05, 4.69) is 46.4 Å². The van der Waals surface area contributed by atoms with E-state index in [0.29, 0.717) is 12.3 Å². The fourth-order valence-electron chi connectivity index (χ4n) is 4.28. The number of hydrogen-bond donors (Lipinski definition) is 1. The monoisotopic (exact) mass is 376 g/mol. The normalized spacial score (nSPS) is 17.0. The molecule has 0 saturated carbocycles. The molecule has 0 spiro atoms. The van der Waals surface area contributed by atoms with Crippen LogP contribution in [-0.4, -0.2) is 36.0 Å². The molecule has 1 fully saturated rings. The van der Waals surface area contributed by atoms with Gasteiger partial charge in [0.2, 0.25) is 5.91 Å². The van der Waals surface area contributed by atoms with Gasteiger partial charge < -0.3 is 14.6 Å². The van der Waals surface area contributed by atoms with Crippen LogP contribution in [-0.2, 0) is 11.2 Å². The number of carbonyl (C=O) groups excluding carboxylic acids is 1. The van der Waals surface area contributed by atoms with Gasteiger partial charge >= 0.3 is 0 Å². The third-order valence-corrected chi connectivity index (χ3v) is 5.87. The molecule has 1 atom stereocenters. The zero-order valence-corrected chi connectivity index (χ0v) is 16.5. The summed E-state index contributed by atoms with van der Waals surface area (Å²) in [6.07, 6.45) is 6.75. The molecular formula is C24H28N2O2. The lowest BCUT2D eigenvalue weighted by atomic mass is 9.90. The fraction of sp³-hybridized carbons (Fsp3) is 0.375. The summed E-state index contributed by atoms with van der Waals surface area (Å²) >= 11 is 0. The summed E-state index contributed by atoms with van der Waals surface area (Å²) in [6.45, 7) is 1.72. The second-order valence-electron chi connectivity index (χ2n) is 7.67. The number of nitrogens with one attached hydrogen (secondary N) is 1. The van der Waals surface area contributed by atoms with Crippen LogP contribution in [0.4, 0.5) is 0 Å². The molecule has 0 bridgehead atoms. The van der Waals surface area contributed by atoms with E-state index in [1.807, 2.05) is 18.2 Å². The van der Waals surface area contributed by atoms with E-state index in [9.17, 15) is 4.79 Å². The lowest BCUT2D eigenvalue weighted by Crippen LogP contribution is -2.39. The summed E-state index contributed by atoms with van der Waals surface area (Å²) in [5.41, 5.74) is 3.78. The van der Waals surface area contributed by atoms with Gasteiger partial charge in [0.05, 0.1) is 7.11 Å². The van der Waals surface area contributed by atoms with Crippen LogP contribution in [0.5, 0.6) is 5.75 Å². The summed E-state index contributed by atoms with van der Waals surface area (Å²) in [6, 6.07) is 16.6. The van der Waals surface area contributed by atoms with Gasteiger partial charge in [-0.3, -0.25) is 4.79 Å². The highest BCUT2D eigenvalue weighted by Crippen LogP contribution is 2.29. The van der Waals surface area contributed by atoms with Crippen LogP contribution in [0.25, 0.3) is 10.9 Å². The average Bonchev–Trinajstić information content (AvgIpc) is 3.17. The number of carbonyl (C=O) groups is 1. The van der Waals surface area contributed by atoms with E-state index >= 15 is 0 Å². The van der Waals surface area contributed by atoms with Gasteiger partial charge in [0.1, 0.15) is 5.75 Å². The third-order valence-electron chi connectivity index (χ3n) is 5.87. The molecule has 146 valence electrons. The Morgan fingerprint density at radius 3 is 2.82 bits per heavy atom. The van der Waals surface area contributed by atoms with Crippen molar-refractivity contribution in [2.24, 2.45) is 0 Å². The van der Waals surface area contributed by atoms with Crippen LogP contribution in [0.3, 0.4) is 0 Å². The molecule has 4 heteroatoms. The molecule has 1 aliphatic rings. The van der Waals surface area contributed by atoms with Crippen LogP contribution in [0.1, 0.15) is 42.7 Å². The predicted molar refractivity (Wildman–Crippen MR) is 113 cm³/mol. The van der Waals surface area contributed by atoms with E-state index < -0.39 is 0 Å². The van der Waals surface area contributed by atoms with Gasteiger partial charge in [-0.05, 0) is 55.0 Å². The summed E-state index contributed by atoms with van der Waals surface area (Å²) in [7, 11) is 1.69. The van der Waals surface area contributed by atoms with Gasteiger partial charge in [0, 0.05) is 42.5 Å². The van der Waals surface area contributed by atoms with Gasteiger partial charge in [0.15, 0.2) is 0 Å². The number of rotatable bonds is 6. The Hall–Kier alpha value is -2.75. The summed E-state index contributed by atoms with van der Waals surface area (Å²) in [5, 5.41) is 1.27. The number of benzene rings is 2. The van der Waals surface area contributed by atoms with Gasteiger partial charge in [-0.15, -0.1) is 0 Å². The lowest BCUT2D eigenvalue weighted by Gasteiger charge is -2.33. The zero-order chi connectivity index (χ0) is 19.3. The summed E-state index contributed by atoms with van der Waals surface area (Å²) in [4.78, 5) is 18.1. The van der Waals surface area contributed by atoms with Crippen molar-refractivity contribution in [2.45, 2.75) is 38.0 Å². The Balaban J connectivity index is 1.31. The summed E-state index contributed by atoms with van der Waals surface area (Å²) < 4.78 is 5.25. The van der Waals surface area contributed by atoms with Gasteiger partial charge in [-0.25, -0.2) is 0 Å². The van der Waals surface area contributed by atoms with Gasteiger partial charge in [-0.2, -0.15) is 0 Å². The quantitative estimate of drug-likeness (QED) is 0.665. The first kappa shape index (κ1) is 18.6. The molecular weight excluding hydrogens is 348 g/mol. The molecule has 1 aromatic heterocycles. The van der Waals surface area contributed by atoms with Crippen molar-refractivity contribution in [3.05, 3.63) is 65.9 Å². The van der Waals surface area contributed by atoms with E-state index in [0.717, 1.165) is 44.5 Å². The molecule has 4 rings (SSSR count). The average molecular weight is 377 g/mol. The Labute approximate surface area is 166 Å². The predicted octanol–water partition coefficient (Wildman–Crippen LogP) is 4.91. The molecule has 1 aliphatic heterocycles. The number of aryl methyl sites for hydroxylation is 1. The number of hydrogen-bond acceptors (Lipinski definition) is 2. The van der Waals surface area contributed by atoms with Crippen molar-refractivity contribution in [3.8, 4) is 5.75 Å². The first-order valence-corrected chi connectivity index (χ1v) is 10.2. The largest absolute Gasteiger partial charge is 0.497 e. The minimum absolute atomic E-state index is 0.290. The number of para-hydroxylation sites is 1. The van der Waals surface area contributed by atoms with Gasteiger partial charge in [0.25, 0.3) is 0 Å². The topological polar surface area (TPSA) is 45.3 Å². The summed E-state index contributed by atoms with van der Waals surface area (Å²) in [5.74, 6) is 1.60. The maximum absolute atomic E-state index is 12.8. The van der Waals surface area contributed by atoms with Crippen molar-refractivity contribution >= 4 is 16.8 Å². The molecule has 0 aliphatic carbocycles. The number of H-pyrrole nitrogens is 1. The van der Waals surface area contributed by atoms with E-state index in [-0.39, 0.29) is 5.91 Å². The van der Waals surface area contributed by atoms with E-state index in [4.69, 9.17) is 4.74 Å². The molecule has 2 heterocycles. The van der Waals surface area contributed by atoms with Crippen molar-refractivity contribution < 1.29 is 9.53 Å². The molecule has 1 amide bonds. The number of methoxy groups -OCH3 is 1. The van der Waals surface area contributed by atoms with E-state index in [1.54, 1.807) is 7.11 Å². The Morgan fingerprint density at radius 1 is 1.18 bits per heavy atom. The number of piperidine rings is 1. The number of aromatic amines is 1. The SMILES string of the molecule is COc1ccc(C2CCCN(C(=O)CCCc3c[nH]c4ccccc34)C2)cc1. The molecule has 1 saturated heterocycles.